The summed E-state index contributed by atoms with van der Waals surface area (Å²) in [6.07, 6.45) is 3.88. The van der Waals surface area contributed by atoms with Crippen LogP contribution in [0.2, 0.25) is 0 Å². The second kappa shape index (κ2) is 3.86. The molecule has 18 heavy (non-hydrogen) atoms. The summed E-state index contributed by atoms with van der Waals surface area (Å²) in [6.45, 7) is 3.53. The molecule has 0 saturated carbocycles. The quantitative estimate of drug-likeness (QED) is 0.785. The second-order valence-corrected chi connectivity index (χ2v) is 5.89. The Labute approximate surface area is 108 Å². The lowest BCUT2D eigenvalue weighted by atomic mass is 9.72. The maximum Gasteiger partial charge on any atom is 0.0459 e. The molecule has 2 heterocycles. The van der Waals surface area contributed by atoms with Gasteiger partial charge in [-0.2, -0.15) is 0 Å². The standard InChI is InChI=1S/C16H20N2/c1-2-10-9-17-14-7-11(10)8-15-16(14)12-5-3-4-6-13(12)18-15/h3-6,10-11,14,17-18H,2,7-9H2,1H3/t10-,11+,14-/m1/s1. The summed E-state index contributed by atoms with van der Waals surface area (Å²) < 4.78 is 0. The summed E-state index contributed by atoms with van der Waals surface area (Å²) in [4.78, 5) is 3.65. The van der Waals surface area contributed by atoms with Crippen LogP contribution in [-0.4, -0.2) is 11.5 Å². The maximum absolute atomic E-state index is 3.77. The van der Waals surface area contributed by atoms with Crippen LogP contribution >= 0.6 is 0 Å². The van der Waals surface area contributed by atoms with Crippen LogP contribution in [0.4, 0.5) is 0 Å². The Morgan fingerprint density at radius 2 is 2.17 bits per heavy atom. The van der Waals surface area contributed by atoms with Crippen LogP contribution in [0.5, 0.6) is 0 Å². The van der Waals surface area contributed by atoms with E-state index in [1.807, 2.05) is 0 Å². The molecule has 2 nitrogen and oxygen atoms in total. The Hall–Kier alpha value is -1.28. The molecule has 1 aromatic heterocycles. The van der Waals surface area contributed by atoms with Gasteiger partial charge in [-0.1, -0.05) is 31.5 Å². The molecule has 1 aromatic carbocycles. The smallest absolute Gasteiger partial charge is 0.0459 e. The van der Waals surface area contributed by atoms with E-state index in [0.29, 0.717) is 6.04 Å². The largest absolute Gasteiger partial charge is 0.358 e. The predicted molar refractivity (Wildman–Crippen MR) is 74.6 cm³/mol. The van der Waals surface area contributed by atoms with E-state index in [4.69, 9.17) is 0 Å². The van der Waals surface area contributed by atoms with Crippen molar-refractivity contribution in [3.8, 4) is 0 Å². The Morgan fingerprint density at radius 3 is 3.06 bits per heavy atom. The van der Waals surface area contributed by atoms with E-state index >= 15 is 0 Å². The highest BCUT2D eigenvalue weighted by molar-refractivity contribution is 5.85. The van der Waals surface area contributed by atoms with E-state index in [1.54, 1.807) is 5.56 Å². The molecule has 94 valence electrons. The van der Waals surface area contributed by atoms with Crippen LogP contribution in [0.25, 0.3) is 10.9 Å². The van der Waals surface area contributed by atoms with Gasteiger partial charge < -0.3 is 10.3 Å². The zero-order valence-corrected chi connectivity index (χ0v) is 10.9. The van der Waals surface area contributed by atoms with E-state index in [1.165, 1.54) is 42.4 Å². The van der Waals surface area contributed by atoms with Gasteiger partial charge >= 0.3 is 0 Å². The lowest BCUT2D eigenvalue weighted by Crippen LogP contribution is -2.42. The molecule has 1 aliphatic carbocycles. The number of fused-ring (bicyclic) bond motifs is 6. The summed E-state index contributed by atoms with van der Waals surface area (Å²) in [6, 6.07) is 9.32. The summed E-state index contributed by atoms with van der Waals surface area (Å²) >= 11 is 0. The first-order valence-electron chi connectivity index (χ1n) is 7.19. The number of nitrogens with one attached hydrogen (secondary N) is 2. The summed E-state index contributed by atoms with van der Waals surface area (Å²) in [5, 5.41) is 5.19. The van der Waals surface area contributed by atoms with Crippen LogP contribution in [0.1, 0.15) is 37.1 Å². The monoisotopic (exact) mass is 240 g/mol. The van der Waals surface area contributed by atoms with E-state index in [-0.39, 0.29) is 0 Å². The minimum Gasteiger partial charge on any atom is -0.358 e. The first-order chi connectivity index (χ1) is 8.86. The van der Waals surface area contributed by atoms with Gasteiger partial charge in [0.1, 0.15) is 0 Å². The molecule has 2 aliphatic rings. The topological polar surface area (TPSA) is 27.8 Å². The fraction of sp³-hybridized carbons (Fsp3) is 0.500. The number of para-hydroxylation sites is 1. The van der Waals surface area contributed by atoms with Gasteiger partial charge in [-0.25, -0.2) is 0 Å². The van der Waals surface area contributed by atoms with Gasteiger partial charge in [-0.3, -0.25) is 0 Å². The van der Waals surface area contributed by atoms with E-state index in [2.05, 4.69) is 41.5 Å². The minimum atomic E-state index is 0.581. The van der Waals surface area contributed by atoms with Crippen molar-refractivity contribution in [1.82, 2.24) is 10.3 Å². The molecule has 1 aliphatic heterocycles. The minimum absolute atomic E-state index is 0.581. The molecule has 2 heteroatoms. The molecule has 2 bridgehead atoms. The molecule has 1 fully saturated rings. The molecule has 2 aromatic rings. The zero-order valence-electron chi connectivity index (χ0n) is 10.9. The second-order valence-electron chi connectivity index (χ2n) is 5.89. The molecule has 0 amide bonds. The van der Waals surface area contributed by atoms with Gasteiger partial charge in [0.25, 0.3) is 0 Å². The fourth-order valence-corrected chi connectivity index (χ4v) is 4.03. The lowest BCUT2D eigenvalue weighted by molar-refractivity contribution is 0.188. The van der Waals surface area contributed by atoms with E-state index in [9.17, 15) is 0 Å². The van der Waals surface area contributed by atoms with Crippen molar-refractivity contribution in [3.63, 3.8) is 0 Å². The number of aromatic amines is 1. The van der Waals surface area contributed by atoms with Gasteiger partial charge in [0.15, 0.2) is 0 Å². The Morgan fingerprint density at radius 1 is 1.28 bits per heavy atom. The molecule has 1 saturated heterocycles. The Balaban J connectivity index is 1.85. The zero-order chi connectivity index (χ0) is 12.1. The van der Waals surface area contributed by atoms with Crippen LogP contribution in [0.15, 0.2) is 24.3 Å². The van der Waals surface area contributed by atoms with Crippen LogP contribution in [0.3, 0.4) is 0 Å². The number of rotatable bonds is 1. The Kier molecular flexibility index (Phi) is 2.28. The molecule has 0 unspecified atom stereocenters. The van der Waals surface area contributed by atoms with E-state index in [0.717, 1.165) is 11.8 Å². The summed E-state index contributed by atoms with van der Waals surface area (Å²) in [5.41, 5.74) is 4.35. The van der Waals surface area contributed by atoms with Crippen molar-refractivity contribution in [2.75, 3.05) is 6.54 Å². The number of hydrogen-bond acceptors (Lipinski definition) is 1. The summed E-state index contributed by atoms with van der Waals surface area (Å²) in [5.74, 6) is 1.74. The van der Waals surface area contributed by atoms with Gasteiger partial charge in [-0.15, -0.1) is 0 Å². The van der Waals surface area contributed by atoms with Gasteiger partial charge in [-0.05, 0) is 42.9 Å². The average molecular weight is 240 g/mol. The van der Waals surface area contributed by atoms with Crippen LogP contribution < -0.4 is 5.32 Å². The molecular weight excluding hydrogens is 220 g/mol. The number of hydrogen-bond donors (Lipinski definition) is 2. The predicted octanol–water partition coefficient (Wildman–Crippen LogP) is 3.40. The molecule has 4 rings (SSSR count). The van der Waals surface area contributed by atoms with Crippen molar-refractivity contribution in [2.45, 2.75) is 32.2 Å². The number of H-pyrrole nitrogens is 1. The maximum atomic E-state index is 3.77. The number of benzene rings is 1. The van der Waals surface area contributed by atoms with Gasteiger partial charge in [0, 0.05) is 22.6 Å². The molecule has 0 radical (unpaired) electrons. The third-order valence-electron chi connectivity index (χ3n) is 5.00. The third kappa shape index (κ3) is 1.39. The Bertz CT molecular complexity index is 584. The van der Waals surface area contributed by atoms with Crippen molar-refractivity contribution >= 4 is 10.9 Å². The van der Waals surface area contributed by atoms with Crippen LogP contribution in [-0.2, 0) is 6.42 Å². The third-order valence-corrected chi connectivity index (χ3v) is 5.00. The van der Waals surface area contributed by atoms with Crippen LogP contribution in [0, 0.1) is 11.8 Å². The SMILES string of the molecule is CC[C@@H]1CN[C@@H]2C[C@H]1Cc1[nH]c3ccccc3c12. The normalized spacial score (nSPS) is 30.4. The highest BCUT2D eigenvalue weighted by atomic mass is 15.0. The van der Waals surface area contributed by atoms with Crippen molar-refractivity contribution in [3.05, 3.63) is 35.5 Å². The lowest BCUT2D eigenvalue weighted by Gasteiger charge is -2.41. The highest BCUT2D eigenvalue weighted by Gasteiger charge is 2.37. The first-order valence-corrected chi connectivity index (χ1v) is 7.19. The molecular formula is C16H20N2. The average Bonchev–Trinajstić information content (AvgIpc) is 2.77. The van der Waals surface area contributed by atoms with Crippen molar-refractivity contribution < 1.29 is 0 Å². The fourth-order valence-electron chi connectivity index (χ4n) is 4.03. The highest BCUT2D eigenvalue weighted by Crippen LogP contribution is 2.43. The first kappa shape index (κ1) is 10.6. The number of piperidine rings is 1. The molecule has 0 spiro atoms. The molecule has 3 atom stereocenters. The van der Waals surface area contributed by atoms with Gasteiger partial charge in [0.2, 0.25) is 0 Å². The van der Waals surface area contributed by atoms with E-state index < -0.39 is 0 Å². The van der Waals surface area contributed by atoms with Gasteiger partial charge in [0.05, 0.1) is 0 Å². The van der Waals surface area contributed by atoms with Crippen molar-refractivity contribution in [2.24, 2.45) is 11.8 Å². The molecule has 2 N–H and O–H groups in total. The summed E-state index contributed by atoms with van der Waals surface area (Å²) in [7, 11) is 0. The number of aromatic nitrogens is 1. The van der Waals surface area contributed by atoms with Crippen molar-refractivity contribution in [1.29, 1.82) is 0 Å².